The van der Waals surface area contributed by atoms with Crippen molar-refractivity contribution in [2.75, 3.05) is 33.4 Å². The number of carbonyl (C=O) groups is 1. The van der Waals surface area contributed by atoms with E-state index in [0.717, 1.165) is 19.3 Å². The van der Waals surface area contributed by atoms with Crippen LogP contribution in [0.15, 0.2) is 0 Å². The first-order valence-corrected chi connectivity index (χ1v) is 6.90. The van der Waals surface area contributed by atoms with Crippen LogP contribution in [0.3, 0.4) is 0 Å². The van der Waals surface area contributed by atoms with Gasteiger partial charge in [0.15, 0.2) is 0 Å². The minimum atomic E-state index is -0.475. The van der Waals surface area contributed by atoms with E-state index in [1.165, 1.54) is 0 Å². The fraction of sp³-hybridized carbons (Fsp3) is 0.929. The summed E-state index contributed by atoms with van der Waals surface area (Å²) < 4.78 is 10.4. The Labute approximate surface area is 115 Å². The molecule has 0 saturated carbocycles. The lowest BCUT2D eigenvalue weighted by Crippen LogP contribution is -2.38. The quantitative estimate of drug-likeness (QED) is 0.779. The second-order valence-corrected chi connectivity index (χ2v) is 6.41. The molecule has 0 spiro atoms. The van der Waals surface area contributed by atoms with Gasteiger partial charge in [-0.3, -0.25) is 0 Å². The summed E-state index contributed by atoms with van der Waals surface area (Å²) in [5.74, 6) is 0. The van der Waals surface area contributed by atoms with E-state index in [9.17, 15) is 9.90 Å². The van der Waals surface area contributed by atoms with E-state index in [1.807, 2.05) is 20.8 Å². The molecule has 5 nitrogen and oxygen atoms in total. The van der Waals surface area contributed by atoms with Gasteiger partial charge < -0.3 is 19.5 Å². The zero-order valence-corrected chi connectivity index (χ0v) is 12.6. The molecule has 0 aromatic rings. The highest BCUT2D eigenvalue weighted by molar-refractivity contribution is 5.68. The maximum atomic E-state index is 12.0. The molecular formula is C14H27NO4. The van der Waals surface area contributed by atoms with Gasteiger partial charge in [0.05, 0.1) is 6.61 Å². The Balaban J connectivity index is 2.52. The third-order valence-corrected chi connectivity index (χ3v) is 3.48. The Morgan fingerprint density at radius 1 is 1.42 bits per heavy atom. The molecule has 1 atom stereocenters. The predicted octanol–water partition coefficient (Wildman–Crippen LogP) is 2.03. The molecule has 0 unspecified atom stereocenters. The third kappa shape index (κ3) is 4.99. The molecule has 1 aliphatic heterocycles. The number of methoxy groups -OCH3 is 1. The number of hydrogen-bond donors (Lipinski definition) is 1. The number of likely N-dealkylation sites (tertiary alicyclic amines) is 1. The molecule has 1 rings (SSSR count). The van der Waals surface area contributed by atoms with Crippen molar-refractivity contribution < 1.29 is 19.4 Å². The smallest absolute Gasteiger partial charge is 0.410 e. The van der Waals surface area contributed by atoms with E-state index in [1.54, 1.807) is 12.0 Å². The molecule has 0 bridgehead atoms. The molecule has 1 saturated heterocycles. The van der Waals surface area contributed by atoms with E-state index >= 15 is 0 Å². The van der Waals surface area contributed by atoms with Gasteiger partial charge in [-0.25, -0.2) is 4.79 Å². The molecule has 1 heterocycles. The van der Waals surface area contributed by atoms with Crippen LogP contribution in [0.4, 0.5) is 4.79 Å². The highest BCUT2D eigenvalue weighted by atomic mass is 16.6. The number of hydrogen-bond acceptors (Lipinski definition) is 4. The topological polar surface area (TPSA) is 59.0 Å². The van der Waals surface area contributed by atoms with Crippen LogP contribution in [0.5, 0.6) is 0 Å². The summed E-state index contributed by atoms with van der Waals surface area (Å²) in [6.45, 7) is 7.60. The summed E-state index contributed by atoms with van der Waals surface area (Å²) in [6, 6.07) is 0. The van der Waals surface area contributed by atoms with E-state index in [4.69, 9.17) is 9.47 Å². The summed E-state index contributed by atoms with van der Waals surface area (Å²) in [5.41, 5.74) is -0.660. The highest BCUT2D eigenvalue weighted by Gasteiger charge is 2.40. The molecule has 1 aliphatic rings. The Hall–Kier alpha value is -0.810. The SMILES string of the molecule is COCCC[C@@]1(CO)CCN(C(=O)OC(C)(C)C)C1. The van der Waals surface area contributed by atoms with Crippen molar-refractivity contribution in [3.8, 4) is 0 Å². The predicted molar refractivity (Wildman–Crippen MR) is 73.1 cm³/mol. The van der Waals surface area contributed by atoms with Gasteiger partial charge >= 0.3 is 6.09 Å². The fourth-order valence-electron chi connectivity index (χ4n) is 2.42. The number of nitrogens with zero attached hydrogens (tertiary/aromatic N) is 1. The van der Waals surface area contributed by atoms with Crippen molar-refractivity contribution in [1.82, 2.24) is 4.90 Å². The molecule has 0 radical (unpaired) electrons. The lowest BCUT2D eigenvalue weighted by atomic mass is 9.83. The number of amides is 1. The normalized spacial score (nSPS) is 23.7. The van der Waals surface area contributed by atoms with Gasteiger partial charge in [0.2, 0.25) is 0 Å². The van der Waals surface area contributed by atoms with Crippen molar-refractivity contribution in [2.45, 2.75) is 45.6 Å². The van der Waals surface area contributed by atoms with Crippen LogP contribution in [0.2, 0.25) is 0 Å². The number of aliphatic hydroxyl groups is 1. The Morgan fingerprint density at radius 2 is 2.11 bits per heavy atom. The molecule has 1 N–H and O–H groups in total. The van der Waals surface area contributed by atoms with E-state index in [2.05, 4.69) is 0 Å². The van der Waals surface area contributed by atoms with Crippen LogP contribution in [0, 0.1) is 5.41 Å². The van der Waals surface area contributed by atoms with Gasteiger partial charge in [-0.1, -0.05) is 0 Å². The first-order valence-electron chi connectivity index (χ1n) is 6.90. The van der Waals surface area contributed by atoms with Crippen LogP contribution in [0.25, 0.3) is 0 Å². The third-order valence-electron chi connectivity index (χ3n) is 3.48. The van der Waals surface area contributed by atoms with Crippen molar-refractivity contribution in [1.29, 1.82) is 0 Å². The second kappa shape index (κ2) is 6.57. The minimum absolute atomic E-state index is 0.107. The van der Waals surface area contributed by atoms with Gasteiger partial charge in [0, 0.05) is 32.2 Å². The van der Waals surface area contributed by atoms with E-state index < -0.39 is 5.60 Å². The van der Waals surface area contributed by atoms with Gasteiger partial charge in [0.1, 0.15) is 5.60 Å². The Kier molecular flexibility index (Phi) is 5.62. The van der Waals surface area contributed by atoms with Crippen LogP contribution in [-0.4, -0.2) is 55.1 Å². The monoisotopic (exact) mass is 273 g/mol. The molecule has 112 valence electrons. The molecule has 19 heavy (non-hydrogen) atoms. The standard InChI is InChI=1S/C14H27NO4/c1-13(2,3)19-12(17)15-8-7-14(10-15,11-16)6-5-9-18-4/h16H,5-11H2,1-4H3/t14-/m1/s1. The second-order valence-electron chi connectivity index (χ2n) is 6.41. The molecule has 1 fully saturated rings. The van der Waals surface area contributed by atoms with Gasteiger partial charge in [-0.2, -0.15) is 0 Å². The maximum absolute atomic E-state index is 12.0. The van der Waals surface area contributed by atoms with Crippen LogP contribution in [0.1, 0.15) is 40.0 Å². The summed E-state index contributed by atoms with van der Waals surface area (Å²) in [5, 5.41) is 9.63. The van der Waals surface area contributed by atoms with E-state index in [-0.39, 0.29) is 18.1 Å². The van der Waals surface area contributed by atoms with Gasteiger partial charge in [-0.15, -0.1) is 0 Å². The zero-order valence-electron chi connectivity index (χ0n) is 12.6. The molecule has 0 aromatic carbocycles. The minimum Gasteiger partial charge on any atom is -0.444 e. The molecule has 0 aromatic heterocycles. The zero-order chi connectivity index (χ0) is 14.5. The van der Waals surface area contributed by atoms with Crippen molar-refractivity contribution >= 4 is 6.09 Å². The summed E-state index contributed by atoms with van der Waals surface area (Å²) in [7, 11) is 1.67. The highest BCUT2D eigenvalue weighted by Crippen LogP contribution is 2.35. The Morgan fingerprint density at radius 3 is 2.63 bits per heavy atom. The van der Waals surface area contributed by atoms with Gasteiger partial charge in [-0.05, 0) is 40.0 Å². The van der Waals surface area contributed by atoms with Crippen LogP contribution < -0.4 is 0 Å². The van der Waals surface area contributed by atoms with Crippen LogP contribution in [-0.2, 0) is 9.47 Å². The van der Waals surface area contributed by atoms with E-state index in [0.29, 0.717) is 19.7 Å². The van der Waals surface area contributed by atoms with Crippen molar-refractivity contribution in [3.05, 3.63) is 0 Å². The average Bonchev–Trinajstić information content (AvgIpc) is 2.73. The lowest BCUT2D eigenvalue weighted by molar-refractivity contribution is 0.0245. The van der Waals surface area contributed by atoms with Crippen LogP contribution >= 0.6 is 0 Å². The Bertz CT molecular complexity index is 300. The van der Waals surface area contributed by atoms with Crippen molar-refractivity contribution in [2.24, 2.45) is 5.41 Å². The number of aliphatic hydroxyl groups excluding tert-OH is 1. The lowest BCUT2D eigenvalue weighted by Gasteiger charge is -2.28. The number of carbonyl (C=O) groups excluding carboxylic acids is 1. The molecule has 1 amide bonds. The number of rotatable bonds is 5. The summed E-state index contributed by atoms with van der Waals surface area (Å²) >= 11 is 0. The molecule has 5 heteroatoms. The number of ether oxygens (including phenoxy) is 2. The summed E-state index contributed by atoms with van der Waals surface area (Å²) in [6.07, 6.45) is 2.32. The summed E-state index contributed by atoms with van der Waals surface area (Å²) in [4.78, 5) is 13.7. The molecular weight excluding hydrogens is 246 g/mol. The first kappa shape index (κ1) is 16.2. The molecule has 0 aliphatic carbocycles. The fourth-order valence-corrected chi connectivity index (χ4v) is 2.42. The maximum Gasteiger partial charge on any atom is 0.410 e. The largest absolute Gasteiger partial charge is 0.444 e. The van der Waals surface area contributed by atoms with Crippen molar-refractivity contribution in [3.63, 3.8) is 0 Å². The first-order chi connectivity index (χ1) is 8.82. The van der Waals surface area contributed by atoms with Gasteiger partial charge in [0.25, 0.3) is 0 Å². The average molecular weight is 273 g/mol.